The Bertz CT molecular complexity index is 466. The molecule has 5 nitrogen and oxygen atoms in total. The Labute approximate surface area is 124 Å². The molecule has 1 heterocycles. The Hall–Kier alpha value is -1.30. The first-order valence-electron chi connectivity index (χ1n) is 7.44. The molecule has 0 saturated heterocycles. The second-order valence-electron chi connectivity index (χ2n) is 5.11. The Morgan fingerprint density at radius 1 is 1.35 bits per heavy atom. The monoisotopic (exact) mass is 296 g/mol. The fourth-order valence-corrected chi connectivity index (χ4v) is 3.38. The number of amides is 1. The van der Waals surface area contributed by atoms with Gasteiger partial charge in [-0.25, -0.2) is 4.98 Å². The summed E-state index contributed by atoms with van der Waals surface area (Å²) in [7, 11) is 0. The number of anilines is 2. The van der Waals surface area contributed by atoms with Gasteiger partial charge in [0.1, 0.15) is 10.7 Å². The van der Waals surface area contributed by atoms with E-state index in [9.17, 15) is 4.79 Å². The lowest BCUT2D eigenvalue weighted by Gasteiger charge is -2.21. The normalized spacial score (nSPS) is 14.3. The fraction of sp³-hybridized carbons (Fsp3) is 0.714. The lowest BCUT2D eigenvalue weighted by atomic mass is 10.3. The lowest BCUT2D eigenvalue weighted by molar-refractivity contribution is 0.0749. The van der Waals surface area contributed by atoms with Crippen LogP contribution >= 0.6 is 11.3 Å². The number of rotatable bonds is 7. The van der Waals surface area contributed by atoms with Crippen molar-refractivity contribution in [2.75, 3.05) is 30.3 Å². The van der Waals surface area contributed by atoms with Gasteiger partial charge in [0.15, 0.2) is 5.13 Å². The summed E-state index contributed by atoms with van der Waals surface area (Å²) in [6.07, 6.45) is 3.21. The summed E-state index contributed by atoms with van der Waals surface area (Å²) in [5, 5.41) is 0.850. The van der Waals surface area contributed by atoms with Crippen LogP contribution in [0.15, 0.2) is 0 Å². The number of thiazole rings is 1. The van der Waals surface area contributed by atoms with E-state index < -0.39 is 0 Å². The van der Waals surface area contributed by atoms with Crippen molar-refractivity contribution in [1.29, 1.82) is 0 Å². The van der Waals surface area contributed by atoms with Gasteiger partial charge in [0, 0.05) is 25.7 Å². The first kappa shape index (κ1) is 15.1. The molecule has 112 valence electrons. The highest BCUT2D eigenvalue weighted by molar-refractivity contribution is 7.18. The van der Waals surface area contributed by atoms with Crippen molar-refractivity contribution in [3.8, 4) is 0 Å². The van der Waals surface area contributed by atoms with Gasteiger partial charge in [-0.1, -0.05) is 18.3 Å². The number of nitrogen functional groups attached to an aromatic ring is 1. The number of hydrogen-bond donors (Lipinski definition) is 1. The summed E-state index contributed by atoms with van der Waals surface area (Å²) in [5.41, 5.74) is 5.97. The summed E-state index contributed by atoms with van der Waals surface area (Å²) in [6.45, 7) is 8.81. The topological polar surface area (TPSA) is 62.5 Å². The minimum absolute atomic E-state index is 0.0581. The van der Waals surface area contributed by atoms with Crippen molar-refractivity contribution < 1.29 is 4.79 Å². The maximum absolute atomic E-state index is 12.6. The van der Waals surface area contributed by atoms with Crippen LogP contribution in [-0.4, -0.2) is 41.5 Å². The third-order valence-electron chi connectivity index (χ3n) is 3.58. The van der Waals surface area contributed by atoms with Crippen LogP contribution in [0, 0.1) is 0 Å². The third-order valence-corrected chi connectivity index (χ3v) is 4.70. The molecule has 1 aromatic rings. The van der Waals surface area contributed by atoms with E-state index in [-0.39, 0.29) is 5.91 Å². The number of carbonyl (C=O) groups is 1. The van der Waals surface area contributed by atoms with Gasteiger partial charge in [-0.3, -0.25) is 4.79 Å². The molecule has 6 heteroatoms. The summed E-state index contributed by atoms with van der Waals surface area (Å²) >= 11 is 1.42. The number of aromatic nitrogens is 1. The van der Waals surface area contributed by atoms with Gasteiger partial charge < -0.3 is 15.5 Å². The van der Waals surface area contributed by atoms with Gasteiger partial charge in [0.2, 0.25) is 0 Å². The van der Waals surface area contributed by atoms with Gasteiger partial charge in [0.25, 0.3) is 5.91 Å². The van der Waals surface area contributed by atoms with E-state index in [4.69, 9.17) is 5.73 Å². The molecule has 0 atom stereocenters. The molecule has 2 N–H and O–H groups in total. The molecule has 1 aliphatic rings. The largest absolute Gasteiger partial charge is 0.382 e. The van der Waals surface area contributed by atoms with Crippen LogP contribution in [0.3, 0.4) is 0 Å². The first-order valence-corrected chi connectivity index (χ1v) is 8.26. The molecule has 1 aromatic heterocycles. The van der Waals surface area contributed by atoms with E-state index in [1.165, 1.54) is 11.3 Å². The van der Waals surface area contributed by atoms with Crippen LogP contribution in [-0.2, 0) is 0 Å². The Morgan fingerprint density at radius 3 is 2.50 bits per heavy atom. The summed E-state index contributed by atoms with van der Waals surface area (Å²) in [5.74, 6) is 0.436. The minimum atomic E-state index is 0.0581. The molecule has 0 unspecified atom stereocenters. The van der Waals surface area contributed by atoms with Crippen LogP contribution in [0.25, 0.3) is 0 Å². The molecule has 2 rings (SSSR count). The Balaban J connectivity index is 2.20. The van der Waals surface area contributed by atoms with E-state index in [1.54, 1.807) is 0 Å². The predicted molar refractivity (Wildman–Crippen MR) is 84.4 cm³/mol. The summed E-state index contributed by atoms with van der Waals surface area (Å²) < 4.78 is 0. The molecular formula is C14H24N4OS. The molecule has 1 saturated carbocycles. The van der Waals surface area contributed by atoms with Crippen LogP contribution < -0.4 is 10.6 Å². The van der Waals surface area contributed by atoms with Crippen molar-refractivity contribution in [1.82, 2.24) is 9.88 Å². The number of hydrogen-bond acceptors (Lipinski definition) is 5. The Kier molecular flexibility index (Phi) is 4.86. The minimum Gasteiger partial charge on any atom is -0.382 e. The Morgan fingerprint density at radius 2 is 2.00 bits per heavy atom. The maximum Gasteiger partial charge on any atom is 0.268 e. The van der Waals surface area contributed by atoms with Crippen molar-refractivity contribution in [3.63, 3.8) is 0 Å². The molecule has 1 fully saturated rings. The van der Waals surface area contributed by atoms with Crippen molar-refractivity contribution in [2.24, 2.45) is 0 Å². The van der Waals surface area contributed by atoms with Gasteiger partial charge in [0.05, 0.1) is 0 Å². The van der Waals surface area contributed by atoms with Crippen LogP contribution in [0.5, 0.6) is 0 Å². The molecule has 20 heavy (non-hydrogen) atoms. The predicted octanol–water partition coefficient (Wildman–Crippen LogP) is 2.59. The molecule has 0 spiro atoms. The molecule has 1 amide bonds. The molecule has 0 bridgehead atoms. The van der Waals surface area contributed by atoms with E-state index >= 15 is 0 Å². The standard InChI is InChI=1S/C14H24N4OS/c1-4-9-18(10-7-8-10)13(19)11-12(15)16-14(20-11)17(5-2)6-3/h10H,4-9,15H2,1-3H3. The van der Waals surface area contributed by atoms with Gasteiger partial charge >= 0.3 is 0 Å². The third kappa shape index (κ3) is 3.06. The summed E-state index contributed by atoms with van der Waals surface area (Å²) in [4.78, 5) is 21.7. The average molecular weight is 296 g/mol. The van der Waals surface area contributed by atoms with E-state index in [2.05, 4.69) is 30.7 Å². The fourth-order valence-electron chi connectivity index (χ4n) is 2.31. The average Bonchev–Trinajstić information content (AvgIpc) is 3.20. The first-order chi connectivity index (χ1) is 9.62. The molecule has 1 aliphatic carbocycles. The molecular weight excluding hydrogens is 272 g/mol. The van der Waals surface area contributed by atoms with Gasteiger partial charge in [-0.15, -0.1) is 0 Å². The van der Waals surface area contributed by atoms with E-state index in [1.807, 2.05) is 4.90 Å². The highest BCUT2D eigenvalue weighted by Gasteiger charge is 2.34. The van der Waals surface area contributed by atoms with Crippen LogP contribution in [0.1, 0.15) is 49.7 Å². The second kappa shape index (κ2) is 6.43. The van der Waals surface area contributed by atoms with E-state index in [0.29, 0.717) is 16.7 Å². The number of nitrogens with two attached hydrogens (primary N) is 1. The van der Waals surface area contributed by atoms with Gasteiger partial charge in [-0.05, 0) is 33.1 Å². The zero-order chi connectivity index (χ0) is 14.7. The quantitative estimate of drug-likeness (QED) is 0.840. The second-order valence-corrected chi connectivity index (χ2v) is 6.09. The van der Waals surface area contributed by atoms with Crippen molar-refractivity contribution in [3.05, 3.63) is 4.88 Å². The van der Waals surface area contributed by atoms with Crippen LogP contribution in [0.2, 0.25) is 0 Å². The lowest BCUT2D eigenvalue weighted by Crippen LogP contribution is -2.33. The molecule has 0 radical (unpaired) electrons. The molecule has 0 aliphatic heterocycles. The zero-order valence-electron chi connectivity index (χ0n) is 12.6. The van der Waals surface area contributed by atoms with Crippen LogP contribution in [0.4, 0.5) is 10.9 Å². The molecule has 0 aromatic carbocycles. The number of carbonyl (C=O) groups excluding carboxylic acids is 1. The van der Waals surface area contributed by atoms with Crippen molar-refractivity contribution >= 4 is 28.2 Å². The zero-order valence-corrected chi connectivity index (χ0v) is 13.4. The smallest absolute Gasteiger partial charge is 0.268 e. The SMILES string of the molecule is CCCN(C(=O)c1sc(N(CC)CC)nc1N)C1CC1. The van der Waals surface area contributed by atoms with Crippen molar-refractivity contribution in [2.45, 2.75) is 46.1 Å². The highest BCUT2D eigenvalue weighted by Crippen LogP contribution is 2.33. The summed E-state index contributed by atoms with van der Waals surface area (Å²) in [6, 6.07) is 0.417. The maximum atomic E-state index is 12.6. The highest BCUT2D eigenvalue weighted by atomic mass is 32.1. The van der Waals surface area contributed by atoms with Gasteiger partial charge in [-0.2, -0.15) is 0 Å². The number of nitrogens with zero attached hydrogens (tertiary/aromatic N) is 3. The van der Waals surface area contributed by atoms with E-state index in [0.717, 1.165) is 44.0 Å².